The first-order valence-electron chi connectivity index (χ1n) is 6.25. The van der Waals surface area contributed by atoms with Gasteiger partial charge in [-0.3, -0.25) is 0 Å². The first-order chi connectivity index (χ1) is 9.70. The summed E-state index contributed by atoms with van der Waals surface area (Å²) in [6, 6.07) is 13.1. The Morgan fingerprint density at radius 3 is 2.90 bits per heavy atom. The van der Waals surface area contributed by atoms with E-state index in [9.17, 15) is 4.39 Å². The zero-order valence-electron chi connectivity index (χ0n) is 10.4. The lowest BCUT2D eigenvalue weighted by molar-refractivity contribution is 0.626. The van der Waals surface area contributed by atoms with Crippen molar-refractivity contribution in [2.75, 3.05) is 0 Å². The van der Waals surface area contributed by atoms with Gasteiger partial charge in [-0.15, -0.1) is 11.3 Å². The molecule has 0 bridgehead atoms. The number of thiazole rings is 1. The van der Waals surface area contributed by atoms with Gasteiger partial charge in [0.15, 0.2) is 0 Å². The lowest BCUT2D eigenvalue weighted by Crippen LogP contribution is -1.84. The topological polar surface area (TPSA) is 12.9 Å². The fourth-order valence-corrected chi connectivity index (χ4v) is 4.03. The van der Waals surface area contributed by atoms with Gasteiger partial charge in [-0.05, 0) is 35.9 Å². The van der Waals surface area contributed by atoms with Gasteiger partial charge in [0.1, 0.15) is 10.8 Å². The molecule has 1 aliphatic rings. The minimum atomic E-state index is -0.175. The first-order valence-corrected chi connectivity index (χ1v) is 7.86. The van der Waals surface area contributed by atoms with Gasteiger partial charge in [0.25, 0.3) is 0 Å². The molecule has 0 spiro atoms. The van der Waals surface area contributed by atoms with Crippen molar-refractivity contribution < 1.29 is 4.39 Å². The van der Waals surface area contributed by atoms with Crippen molar-refractivity contribution in [2.45, 2.75) is 6.42 Å². The predicted molar refractivity (Wildman–Crippen MR) is 83.5 cm³/mol. The SMILES string of the molecule is Fc1ccc2c(c1)Cc1sc(-c3cccc(Br)c3)nc1-2. The summed E-state index contributed by atoms with van der Waals surface area (Å²) >= 11 is 5.18. The molecule has 0 saturated carbocycles. The average molecular weight is 346 g/mol. The molecule has 0 fully saturated rings. The number of halogens is 2. The third-order valence-corrected chi connectivity index (χ3v) is 5.04. The molecule has 1 aliphatic carbocycles. The lowest BCUT2D eigenvalue weighted by Gasteiger charge is -2.00. The van der Waals surface area contributed by atoms with Gasteiger partial charge >= 0.3 is 0 Å². The Hall–Kier alpha value is -1.52. The molecule has 98 valence electrons. The highest BCUT2D eigenvalue weighted by Gasteiger charge is 2.24. The molecule has 0 unspecified atom stereocenters. The van der Waals surface area contributed by atoms with Crippen molar-refractivity contribution in [3.05, 3.63) is 63.2 Å². The molecule has 0 saturated heterocycles. The Morgan fingerprint density at radius 1 is 1.15 bits per heavy atom. The van der Waals surface area contributed by atoms with Gasteiger partial charge in [0, 0.05) is 26.9 Å². The highest BCUT2D eigenvalue weighted by Crippen LogP contribution is 2.42. The number of hydrogen-bond donors (Lipinski definition) is 0. The predicted octanol–water partition coefficient (Wildman–Crippen LogP) is 5.28. The number of fused-ring (bicyclic) bond motifs is 3. The van der Waals surface area contributed by atoms with Gasteiger partial charge in [-0.1, -0.05) is 28.1 Å². The minimum Gasteiger partial charge on any atom is -0.236 e. The van der Waals surface area contributed by atoms with E-state index in [2.05, 4.69) is 28.1 Å². The van der Waals surface area contributed by atoms with Crippen LogP contribution in [-0.4, -0.2) is 4.98 Å². The fourth-order valence-electron chi connectivity index (χ4n) is 2.54. The summed E-state index contributed by atoms with van der Waals surface area (Å²) in [5, 5.41) is 1.02. The van der Waals surface area contributed by atoms with E-state index in [4.69, 9.17) is 4.98 Å². The molecule has 1 nitrogen and oxygen atoms in total. The molecule has 4 heteroatoms. The highest BCUT2D eigenvalue weighted by atomic mass is 79.9. The van der Waals surface area contributed by atoms with Crippen LogP contribution in [0.3, 0.4) is 0 Å². The van der Waals surface area contributed by atoms with E-state index in [0.29, 0.717) is 0 Å². The first kappa shape index (κ1) is 12.2. The van der Waals surface area contributed by atoms with Crippen molar-refractivity contribution >= 4 is 27.3 Å². The maximum absolute atomic E-state index is 13.3. The van der Waals surface area contributed by atoms with Gasteiger partial charge < -0.3 is 0 Å². The van der Waals surface area contributed by atoms with Crippen molar-refractivity contribution in [1.82, 2.24) is 4.98 Å². The molecule has 20 heavy (non-hydrogen) atoms. The van der Waals surface area contributed by atoms with Crippen molar-refractivity contribution in [3.63, 3.8) is 0 Å². The fraction of sp³-hybridized carbons (Fsp3) is 0.0625. The number of rotatable bonds is 1. The molecule has 0 aliphatic heterocycles. The lowest BCUT2D eigenvalue weighted by atomic mass is 10.1. The molecular formula is C16H9BrFNS. The van der Waals surface area contributed by atoms with Crippen LogP contribution in [0.15, 0.2) is 46.9 Å². The summed E-state index contributed by atoms with van der Waals surface area (Å²) in [5.74, 6) is -0.175. The van der Waals surface area contributed by atoms with Crippen molar-refractivity contribution in [2.24, 2.45) is 0 Å². The Kier molecular flexibility index (Phi) is 2.75. The summed E-state index contributed by atoms with van der Waals surface area (Å²) in [7, 11) is 0. The second-order valence-electron chi connectivity index (χ2n) is 4.78. The second kappa shape index (κ2) is 4.50. The van der Waals surface area contributed by atoms with E-state index in [0.717, 1.165) is 38.3 Å². The average Bonchev–Trinajstić information content (AvgIpc) is 2.95. The molecule has 1 aromatic heterocycles. The molecule has 0 N–H and O–H groups in total. The van der Waals surface area contributed by atoms with Crippen LogP contribution in [0, 0.1) is 5.82 Å². The van der Waals surface area contributed by atoms with Crippen LogP contribution in [0.2, 0.25) is 0 Å². The van der Waals surface area contributed by atoms with Crippen molar-refractivity contribution in [1.29, 1.82) is 0 Å². The monoisotopic (exact) mass is 345 g/mol. The van der Waals surface area contributed by atoms with Crippen LogP contribution in [0.4, 0.5) is 4.39 Å². The zero-order chi connectivity index (χ0) is 13.7. The second-order valence-corrected chi connectivity index (χ2v) is 6.78. The summed E-state index contributed by atoms with van der Waals surface area (Å²) < 4.78 is 14.3. The van der Waals surface area contributed by atoms with Gasteiger partial charge in [-0.2, -0.15) is 0 Å². The Morgan fingerprint density at radius 2 is 2.05 bits per heavy atom. The highest BCUT2D eigenvalue weighted by molar-refractivity contribution is 9.10. The quantitative estimate of drug-likeness (QED) is 0.457. The smallest absolute Gasteiger partial charge is 0.124 e. The van der Waals surface area contributed by atoms with Gasteiger partial charge in [0.2, 0.25) is 0 Å². The largest absolute Gasteiger partial charge is 0.236 e. The standard InChI is InChI=1S/C16H9BrFNS/c17-11-3-1-2-9(6-11)16-19-15-13-5-4-12(18)7-10(13)8-14(15)20-16/h1-7H,8H2. The molecule has 0 amide bonds. The molecule has 0 radical (unpaired) electrons. The normalized spacial score (nSPS) is 12.3. The Bertz CT molecular complexity index is 825. The van der Waals surface area contributed by atoms with E-state index in [1.54, 1.807) is 17.4 Å². The van der Waals surface area contributed by atoms with Crippen LogP contribution < -0.4 is 0 Å². The minimum absolute atomic E-state index is 0.175. The van der Waals surface area contributed by atoms with Gasteiger partial charge in [0.05, 0.1) is 5.69 Å². The van der Waals surface area contributed by atoms with Crippen LogP contribution in [0.25, 0.3) is 21.8 Å². The van der Waals surface area contributed by atoms with Crippen LogP contribution >= 0.6 is 27.3 Å². The van der Waals surface area contributed by atoms with Crippen LogP contribution in [0.5, 0.6) is 0 Å². The summed E-state index contributed by atoms with van der Waals surface area (Å²) in [5.41, 5.74) is 4.24. The Labute approximate surface area is 128 Å². The number of hydrogen-bond acceptors (Lipinski definition) is 2. The van der Waals surface area contributed by atoms with Crippen molar-refractivity contribution in [3.8, 4) is 21.8 Å². The summed E-state index contributed by atoms with van der Waals surface area (Å²) in [4.78, 5) is 5.97. The van der Waals surface area contributed by atoms with Crippen LogP contribution in [0.1, 0.15) is 10.4 Å². The summed E-state index contributed by atoms with van der Waals surface area (Å²) in [6.45, 7) is 0. The van der Waals surface area contributed by atoms with E-state index in [1.165, 1.54) is 10.9 Å². The maximum Gasteiger partial charge on any atom is 0.124 e. The van der Waals surface area contributed by atoms with E-state index in [1.807, 2.05) is 18.2 Å². The van der Waals surface area contributed by atoms with E-state index >= 15 is 0 Å². The molecule has 2 aromatic carbocycles. The van der Waals surface area contributed by atoms with E-state index < -0.39 is 0 Å². The molecule has 4 rings (SSSR count). The molecule has 3 aromatic rings. The van der Waals surface area contributed by atoms with E-state index in [-0.39, 0.29) is 5.82 Å². The maximum atomic E-state index is 13.3. The molecular weight excluding hydrogens is 337 g/mol. The Balaban J connectivity index is 1.83. The van der Waals surface area contributed by atoms with Gasteiger partial charge in [-0.25, -0.2) is 9.37 Å². The molecule has 0 atom stereocenters. The summed E-state index contributed by atoms with van der Waals surface area (Å²) in [6.07, 6.45) is 0.786. The zero-order valence-corrected chi connectivity index (χ0v) is 12.8. The third kappa shape index (κ3) is 1.91. The van der Waals surface area contributed by atoms with Crippen LogP contribution in [-0.2, 0) is 6.42 Å². The third-order valence-electron chi connectivity index (χ3n) is 3.44. The number of benzene rings is 2. The number of aromatic nitrogens is 1. The molecule has 1 heterocycles. The number of nitrogens with zero attached hydrogens (tertiary/aromatic N) is 1.